The number of nitrogens with zero attached hydrogens (tertiary/aromatic N) is 3. The lowest BCUT2D eigenvalue weighted by Crippen LogP contribution is -2.50. The van der Waals surface area contributed by atoms with Crippen LogP contribution in [0, 0.1) is 5.92 Å². The molecule has 25 heavy (non-hydrogen) atoms. The molecule has 2 aliphatic rings. The SMILES string of the molecule is O=C(C1CC(F)(F)C1)N1Cc2cccn2C(COc2ccccn2)C1. The lowest BCUT2D eigenvalue weighted by atomic mass is 9.80. The molecule has 0 spiro atoms. The van der Waals surface area contributed by atoms with Gasteiger partial charge in [0.25, 0.3) is 0 Å². The summed E-state index contributed by atoms with van der Waals surface area (Å²) in [5.41, 5.74) is 0.986. The molecule has 7 heteroatoms. The number of carbonyl (C=O) groups excluding carboxylic acids is 1. The molecule has 1 saturated carbocycles. The minimum absolute atomic E-state index is 0.0645. The van der Waals surface area contributed by atoms with Crippen molar-refractivity contribution in [3.63, 3.8) is 0 Å². The van der Waals surface area contributed by atoms with Crippen LogP contribution in [0.3, 0.4) is 0 Å². The Hall–Kier alpha value is -2.44. The van der Waals surface area contributed by atoms with Gasteiger partial charge in [-0.1, -0.05) is 6.07 Å². The van der Waals surface area contributed by atoms with Crippen LogP contribution in [-0.4, -0.2) is 39.4 Å². The van der Waals surface area contributed by atoms with Gasteiger partial charge in [-0.25, -0.2) is 13.8 Å². The van der Waals surface area contributed by atoms with E-state index in [0.717, 1.165) is 5.69 Å². The number of alkyl halides is 2. The normalized spacial score (nSPS) is 22.2. The van der Waals surface area contributed by atoms with Gasteiger partial charge >= 0.3 is 0 Å². The Morgan fingerprint density at radius 2 is 2.12 bits per heavy atom. The summed E-state index contributed by atoms with van der Waals surface area (Å²) in [6.45, 7) is 1.27. The van der Waals surface area contributed by atoms with E-state index in [0.29, 0.717) is 25.6 Å². The van der Waals surface area contributed by atoms with Gasteiger partial charge in [0.05, 0.1) is 12.6 Å². The largest absolute Gasteiger partial charge is 0.475 e. The number of halogens is 2. The van der Waals surface area contributed by atoms with Crippen LogP contribution in [-0.2, 0) is 11.3 Å². The van der Waals surface area contributed by atoms with Crippen LogP contribution in [0.2, 0.25) is 0 Å². The summed E-state index contributed by atoms with van der Waals surface area (Å²) in [7, 11) is 0. The van der Waals surface area contributed by atoms with Crippen LogP contribution in [0.5, 0.6) is 5.88 Å². The van der Waals surface area contributed by atoms with E-state index in [1.165, 1.54) is 0 Å². The predicted molar refractivity (Wildman–Crippen MR) is 86.3 cm³/mol. The number of amides is 1. The van der Waals surface area contributed by atoms with Gasteiger partial charge < -0.3 is 14.2 Å². The van der Waals surface area contributed by atoms with Gasteiger partial charge in [0.1, 0.15) is 6.61 Å². The molecule has 0 bridgehead atoms. The van der Waals surface area contributed by atoms with Crippen molar-refractivity contribution in [1.82, 2.24) is 14.5 Å². The Morgan fingerprint density at radius 3 is 2.84 bits per heavy atom. The van der Waals surface area contributed by atoms with E-state index < -0.39 is 11.8 Å². The lowest BCUT2D eigenvalue weighted by Gasteiger charge is -2.40. The number of hydrogen-bond acceptors (Lipinski definition) is 3. The maximum absolute atomic E-state index is 13.1. The number of pyridine rings is 1. The fourth-order valence-corrected chi connectivity index (χ4v) is 3.53. The smallest absolute Gasteiger partial charge is 0.249 e. The van der Waals surface area contributed by atoms with Crippen molar-refractivity contribution in [1.29, 1.82) is 0 Å². The molecular weight excluding hydrogens is 328 g/mol. The summed E-state index contributed by atoms with van der Waals surface area (Å²) in [4.78, 5) is 18.4. The van der Waals surface area contributed by atoms with Gasteiger partial charge in [-0.2, -0.15) is 0 Å². The highest BCUT2D eigenvalue weighted by Gasteiger charge is 2.50. The number of hydrogen-bond donors (Lipinski definition) is 0. The van der Waals surface area contributed by atoms with E-state index in [4.69, 9.17) is 4.74 Å². The second-order valence-electron chi connectivity index (χ2n) is 6.72. The third-order valence-electron chi connectivity index (χ3n) is 4.86. The molecule has 0 saturated heterocycles. The molecule has 1 aliphatic heterocycles. The second kappa shape index (κ2) is 6.13. The molecule has 3 heterocycles. The number of aromatic nitrogens is 2. The van der Waals surface area contributed by atoms with E-state index in [2.05, 4.69) is 9.55 Å². The minimum atomic E-state index is -2.68. The van der Waals surface area contributed by atoms with Crippen molar-refractivity contribution in [2.45, 2.75) is 31.4 Å². The van der Waals surface area contributed by atoms with Crippen molar-refractivity contribution in [3.8, 4) is 5.88 Å². The van der Waals surface area contributed by atoms with Crippen LogP contribution in [0.15, 0.2) is 42.7 Å². The van der Waals surface area contributed by atoms with E-state index >= 15 is 0 Å². The highest BCUT2D eigenvalue weighted by molar-refractivity contribution is 5.80. The fourth-order valence-electron chi connectivity index (χ4n) is 3.53. The first-order valence-electron chi connectivity index (χ1n) is 8.38. The predicted octanol–water partition coefficient (Wildman–Crippen LogP) is 2.89. The molecule has 2 aromatic heterocycles. The summed E-state index contributed by atoms with van der Waals surface area (Å²) < 4.78 is 34.0. The molecule has 132 valence electrons. The Kier molecular flexibility index (Phi) is 3.94. The molecule has 0 aromatic carbocycles. The molecule has 0 radical (unpaired) electrons. The molecule has 1 unspecified atom stereocenters. The zero-order valence-corrected chi connectivity index (χ0v) is 13.6. The Bertz CT molecular complexity index is 755. The molecule has 1 amide bonds. The Morgan fingerprint density at radius 1 is 1.28 bits per heavy atom. The van der Waals surface area contributed by atoms with Crippen LogP contribution in [0.4, 0.5) is 8.78 Å². The highest BCUT2D eigenvalue weighted by atomic mass is 19.3. The van der Waals surface area contributed by atoms with Crippen LogP contribution >= 0.6 is 0 Å². The Balaban J connectivity index is 1.45. The van der Waals surface area contributed by atoms with Gasteiger partial charge in [0, 0.05) is 49.5 Å². The molecule has 2 aromatic rings. The quantitative estimate of drug-likeness (QED) is 0.854. The van der Waals surface area contributed by atoms with Gasteiger partial charge in [0.2, 0.25) is 17.7 Å². The van der Waals surface area contributed by atoms with Crippen LogP contribution < -0.4 is 4.74 Å². The van der Waals surface area contributed by atoms with Crippen LogP contribution in [0.25, 0.3) is 0 Å². The first-order chi connectivity index (χ1) is 12.0. The molecule has 1 atom stereocenters. The molecule has 1 aliphatic carbocycles. The van der Waals surface area contributed by atoms with E-state index in [-0.39, 0.29) is 24.8 Å². The highest BCUT2D eigenvalue weighted by Crippen LogP contribution is 2.43. The number of fused-ring (bicyclic) bond motifs is 1. The van der Waals surface area contributed by atoms with E-state index in [1.54, 1.807) is 17.2 Å². The summed E-state index contributed by atoms with van der Waals surface area (Å²) in [5, 5.41) is 0. The zero-order chi connectivity index (χ0) is 17.4. The van der Waals surface area contributed by atoms with Crippen molar-refractivity contribution < 1.29 is 18.3 Å². The topological polar surface area (TPSA) is 47.4 Å². The molecule has 1 fully saturated rings. The standard InChI is InChI=1S/C18H19F2N3O2/c19-18(20)8-13(9-18)17(24)22-10-14-4-3-7-23(14)15(11-22)12-25-16-5-1-2-6-21-16/h1-7,13,15H,8-12H2. The van der Waals surface area contributed by atoms with E-state index in [1.807, 2.05) is 30.5 Å². The average Bonchev–Trinajstić information content (AvgIpc) is 3.06. The number of ether oxygens (including phenoxy) is 1. The second-order valence-corrected chi connectivity index (χ2v) is 6.72. The Labute approximate surface area is 144 Å². The van der Waals surface area contributed by atoms with Crippen molar-refractivity contribution in [3.05, 3.63) is 48.4 Å². The average molecular weight is 347 g/mol. The van der Waals surface area contributed by atoms with Crippen molar-refractivity contribution >= 4 is 5.91 Å². The van der Waals surface area contributed by atoms with Gasteiger partial charge in [-0.15, -0.1) is 0 Å². The van der Waals surface area contributed by atoms with Crippen LogP contribution in [0.1, 0.15) is 24.6 Å². The third-order valence-corrected chi connectivity index (χ3v) is 4.86. The minimum Gasteiger partial charge on any atom is -0.475 e. The summed E-state index contributed by atoms with van der Waals surface area (Å²) in [6.07, 6.45) is 2.95. The zero-order valence-electron chi connectivity index (χ0n) is 13.6. The fraction of sp³-hybridized carbons (Fsp3) is 0.444. The van der Waals surface area contributed by atoms with Crippen molar-refractivity contribution in [2.24, 2.45) is 5.92 Å². The summed E-state index contributed by atoms with van der Waals surface area (Å²) >= 11 is 0. The maximum atomic E-state index is 13.1. The van der Waals surface area contributed by atoms with Gasteiger partial charge in [-0.3, -0.25) is 4.79 Å². The molecular formula is C18H19F2N3O2. The molecule has 5 nitrogen and oxygen atoms in total. The number of rotatable bonds is 4. The molecule has 4 rings (SSSR count). The summed E-state index contributed by atoms with van der Waals surface area (Å²) in [5.74, 6) is -2.90. The monoisotopic (exact) mass is 347 g/mol. The number of carbonyl (C=O) groups is 1. The summed E-state index contributed by atoms with van der Waals surface area (Å²) in [6, 6.07) is 9.24. The van der Waals surface area contributed by atoms with Crippen molar-refractivity contribution in [2.75, 3.05) is 13.2 Å². The first-order valence-corrected chi connectivity index (χ1v) is 8.38. The van der Waals surface area contributed by atoms with E-state index in [9.17, 15) is 13.6 Å². The third kappa shape index (κ3) is 3.23. The van der Waals surface area contributed by atoms with Gasteiger partial charge in [-0.05, 0) is 18.2 Å². The first kappa shape index (κ1) is 16.1. The van der Waals surface area contributed by atoms with Gasteiger partial charge in [0.15, 0.2) is 0 Å². The maximum Gasteiger partial charge on any atom is 0.249 e. The lowest BCUT2D eigenvalue weighted by molar-refractivity contribution is -0.161. The molecule has 0 N–H and O–H groups in total.